The van der Waals surface area contributed by atoms with Gasteiger partial charge in [-0.3, -0.25) is 10.8 Å². The van der Waals surface area contributed by atoms with E-state index in [2.05, 4.69) is 126 Å². The maximum atomic E-state index is 8.46. The summed E-state index contributed by atoms with van der Waals surface area (Å²) < 4.78 is 7.91. The SMILES string of the molecule is N=C(OC(=N)c1ccc(-c2ccccc2-c2ccccc2-c2ccc(-n3c4ccccc4c4ccccc43)cc2)cc1)c1ccccc1. The maximum absolute atomic E-state index is 8.46. The molecule has 0 aliphatic carbocycles. The maximum Gasteiger partial charge on any atom is 0.221 e. The van der Waals surface area contributed by atoms with Gasteiger partial charge in [0.2, 0.25) is 11.8 Å². The average molecular weight is 618 g/mol. The predicted octanol–water partition coefficient (Wildman–Crippen LogP) is 11.2. The summed E-state index contributed by atoms with van der Waals surface area (Å²) in [6.45, 7) is 0. The zero-order chi connectivity index (χ0) is 32.5. The highest BCUT2D eigenvalue weighted by molar-refractivity contribution is 6.09. The molecule has 4 heteroatoms. The van der Waals surface area contributed by atoms with Crippen molar-refractivity contribution in [1.29, 1.82) is 10.8 Å². The van der Waals surface area contributed by atoms with Crippen LogP contribution >= 0.6 is 0 Å². The van der Waals surface area contributed by atoms with E-state index >= 15 is 0 Å². The summed E-state index contributed by atoms with van der Waals surface area (Å²) in [5.41, 5.74) is 11.5. The summed E-state index contributed by atoms with van der Waals surface area (Å²) in [5, 5.41) is 19.2. The first kappa shape index (κ1) is 28.9. The van der Waals surface area contributed by atoms with Gasteiger partial charge in [-0.05, 0) is 81.9 Å². The number of ether oxygens (including phenoxy) is 1. The molecule has 228 valence electrons. The Morgan fingerprint density at radius 1 is 0.375 bits per heavy atom. The quantitative estimate of drug-likeness (QED) is 0.141. The van der Waals surface area contributed by atoms with Crippen LogP contribution in [0.1, 0.15) is 11.1 Å². The molecule has 0 fully saturated rings. The van der Waals surface area contributed by atoms with Gasteiger partial charge in [-0.2, -0.15) is 0 Å². The van der Waals surface area contributed by atoms with E-state index in [0.717, 1.165) is 39.1 Å². The Balaban J connectivity index is 1.11. The van der Waals surface area contributed by atoms with Gasteiger partial charge in [-0.1, -0.05) is 127 Å². The lowest BCUT2D eigenvalue weighted by molar-refractivity contribution is 0.538. The van der Waals surface area contributed by atoms with Crippen LogP contribution in [0.3, 0.4) is 0 Å². The summed E-state index contributed by atoms with van der Waals surface area (Å²) in [5.74, 6) is -0.104. The summed E-state index contributed by atoms with van der Waals surface area (Å²) in [6, 6.07) is 60.0. The van der Waals surface area contributed by atoms with Crippen molar-refractivity contribution in [2.75, 3.05) is 0 Å². The van der Waals surface area contributed by atoms with E-state index in [0.29, 0.717) is 11.1 Å². The Morgan fingerprint density at radius 2 is 0.771 bits per heavy atom. The second-order valence-corrected chi connectivity index (χ2v) is 11.7. The van der Waals surface area contributed by atoms with Crippen molar-refractivity contribution < 1.29 is 4.74 Å². The minimum atomic E-state index is -0.0570. The molecule has 0 saturated carbocycles. The molecule has 0 radical (unpaired) electrons. The minimum Gasteiger partial charge on any atom is -0.421 e. The third kappa shape index (κ3) is 5.25. The molecule has 0 atom stereocenters. The van der Waals surface area contributed by atoms with Gasteiger partial charge in [0, 0.05) is 27.6 Å². The number of hydrogen-bond donors (Lipinski definition) is 2. The van der Waals surface area contributed by atoms with Crippen molar-refractivity contribution in [3.05, 3.63) is 187 Å². The van der Waals surface area contributed by atoms with Gasteiger partial charge < -0.3 is 9.30 Å². The fraction of sp³-hybridized carbons (Fsp3) is 0. The van der Waals surface area contributed by atoms with Gasteiger partial charge in [0.05, 0.1) is 11.0 Å². The summed E-state index contributed by atoms with van der Waals surface area (Å²) >= 11 is 0. The smallest absolute Gasteiger partial charge is 0.221 e. The largest absolute Gasteiger partial charge is 0.421 e. The topological polar surface area (TPSA) is 61.9 Å². The molecule has 0 saturated heterocycles. The molecule has 0 spiro atoms. The third-order valence-corrected chi connectivity index (χ3v) is 8.86. The Kier molecular flexibility index (Phi) is 7.44. The molecule has 0 bridgehead atoms. The van der Waals surface area contributed by atoms with Crippen LogP contribution in [0.5, 0.6) is 0 Å². The van der Waals surface area contributed by atoms with E-state index in [4.69, 9.17) is 15.6 Å². The van der Waals surface area contributed by atoms with E-state index in [1.54, 1.807) is 12.1 Å². The number of nitrogens with one attached hydrogen (secondary N) is 2. The summed E-state index contributed by atoms with van der Waals surface area (Å²) in [4.78, 5) is 0. The van der Waals surface area contributed by atoms with Crippen molar-refractivity contribution in [3.63, 3.8) is 0 Å². The normalized spacial score (nSPS) is 11.1. The molecule has 0 aliphatic heterocycles. The molecule has 8 aromatic rings. The van der Waals surface area contributed by atoms with E-state index in [-0.39, 0.29) is 11.8 Å². The minimum absolute atomic E-state index is 0.0466. The molecule has 48 heavy (non-hydrogen) atoms. The van der Waals surface area contributed by atoms with Crippen molar-refractivity contribution >= 4 is 33.6 Å². The van der Waals surface area contributed by atoms with Gasteiger partial charge in [-0.15, -0.1) is 0 Å². The van der Waals surface area contributed by atoms with E-state index in [1.165, 1.54) is 21.8 Å². The van der Waals surface area contributed by atoms with E-state index in [9.17, 15) is 0 Å². The average Bonchev–Trinajstić information content (AvgIpc) is 3.50. The highest BCUT2D eigenvalue weighted by Gasteiger charge is 2.15. The lowest BCUT2D eigenvalue weighted by Crippen LogP contribution is -2.12. The van der Waals surface area contributed by atoms with Gasteiger partial charge >= 0.3 is 0 Å². The fourth-order valence-corrected chi connectivity index (χ4v) is 6.54. The van der Waals surface area contributed by atoms with E-state index < -0.39 is 0 Å². The van der Waals surface area contributed by atoms with Gasteiger partial charge in [0.1, 0.15) is 0 Å². The molecule has 7 aromatic carbocycles. The lowest BCUT2D eigenvalue weighted by atomic mass is 9.89. The standard InChI is InChI=1S/C44H31N3O/c45-43(32-12-2-1-3-13-32)48-44(46)33-24-22-30(23-25-33)35-14-4-6-16-37(35)38-17-7-5-15-36(38)31-26-28-34(29-27-31)47-41-20-10-8-18-39(41)40-19-9-11-21-42(40)47/h1-29,45-46H. The lowest BCUT2D eigenvalue weighted by Gasteiger charge is -2.16. The molecule has 0 aliphatic rings. The number of hydrogen-bond acceptors (Lipinski definition) is 3. The molecular weight excluding hydrogens is 587 g/mol. The van der Waals surface area contributed by atoms with Crippen LogP contribution in [0.4, 0.5) is 0 Å². The second-order valence-electron chi connectivity index (χ2n) is 11.7. The Hall–Kier alpha value is -6.52. The molecule has 4 nitrogen and oxygen atoms in total. The molecule has 0 unspecified atom stereocenters. The molecule has 1 aromatic heterocycles. The van der Waals surface area contributed by atoms with Crippen LogP contribution in [0.15, 0.2) is 176 Å². The fourth-order valence-electron chi connectivity index (χ4n) is 6.54. The predicted molar refractivity (Wildman–Crippen MR) is 198 cm³/mol. The highest BCUT2D eigenvalue weighted by Crippen LogP contribution is 2.39. The molecule has 1 heterocycles. The van der Waals surface area contributed by atoms with Crippen LogP contribution < -0.4 is 0 Å². The van der Waals surface area contributed by atoms with Crippen LogP contribution in [0.25, 0.3) is 60.9 Å². The van der Waals surface area contributed by atoms with Crippen LogP contribution in [0.2, 0.25) is 0 Å². The third-order valence-electron chi connectivity index (χ3n) is 8.86. The van der Waals surface area contributed by atoms with Gasteiger partial charge in [0.25, 0.3) is 0 Å². The number of para-hydroxylation sites is 2. The first-order chi connectivity index (χ1) is 23.7. The molecule has 8 rings (SSSR count). The first-order valence-electron chi connectivity index (χ1n) is 15.9. The van der Waals surface area contributed by atoms with Crippen molar-refractivity contribution in [2.24, 2.45) is 0 Å². The molecule has 0 amide bonds. The van der Waals surface area contributed by atoms with Gasteiger partial charge in [-0.25, -0.2) is 0 Å². The Bertz CT molecular complexity index is 2390. The Labute approximate surface area is 279 Å². The number of nitrogens with zero attached hydrogens (tertiary/aromatic N) is 1. The number of rotatable bonds is 6. The van der Waals surface area contributed by atoms with Crippen molar-refractivity contribution in [2.45, 2.75) is 0 Å². The molecule has 2 N–H and O–H groups in total. The summed E-state index contributed by atoms with van der Waals surface area (Å²) in [6.07, 6.45) is 0. The number of fused-ring (bicyclic) bond motifs is 3. The molecular formula is C44H31N3O. The zero-order valence-electron chi connectivity index (χ0n) is 26.1. The van der Waals surface area contributed by atoms with Crippen molar-refractivity contribution in [1.82, 2.24) is 4.57 Å². The number of aromatic nitrogens is 1. The van der Waals surface area contributed by atoms with Crippen LogP contribution in [-0.4, -0.2) is 16.4 Å². The van der Waals surface area contributed by atoms with Crippen LogP contribution in [-0.2, 0) is 4.74 Å². The highest BCUT2D eigenvalue weighted by atomic mass is 16.5. The Morgan fingerprint density at radius 3 is 1.29 bits per heavy atom. The van der Waals surface area contributed by atoms with Crippen LogP contribution in [0, 0.1) is 10.8 Å². The van der Waals surface area contributed by atoms with Gasteiger partial charge in [0.15, 0.2) is 0 Å². The number of benzene rings is 7. The second kappa shape index (κ2) is 12.3. The zero-order valence-corrected chi connectivity index (χ0v) is 26.1. The van der Waals surface area contributed by atoms with Crippen molar-refractivity contribution in [3.8, 4) is 39.1 Å². The van der Waals surface area contributed by atoms with E-state index in [1.807, 2.05) is 42.5 Å². The summed E-state index contributed by atoms with van der Waals surface area (Å²) in [7, 11) is 0. The monoisotopic (exact) mass is 617 g/mol. The first-order valence-corrected chi connectivity index (χ1v) is 15.9.